The van der Waals surface area contributed by atoms with E-state index in [0.29, 0.717) is 30.5 Å². The Balaban J connectivity index is 1.87. The van der Waals surface area contributed by atoms with Crippen molar-refractivity contribution in [3.8, 4) is 5.75 Å². The maximum absolute atomic E-state index is 13.0. The molecule has 0 heterocycles. The maximum Gasteiger partial charge on any atom is 0.418 e. The number of amides is 1. The number of likely N-dealkylation sites (N-methyl/N-ethyl adjacent to an activating group) is 1. The number of anilines is 1. The third kappa shape index (κ3) is 6.77. The van der Waals surface area contributed by atoms with Crippen LogP contribution in [-0.4, -0.2) is 37.0 Å². The second kappa shape index (κ2) is 9.62. The number of carbonyl (C=O) groups is 1. The minimum Gasteiger partial charge on any atom is -0.492 e. The van der Waals surface area contributed by atoms with Crippen LogP contribution in [0.4, 0.5) is 18.9 Å². The highest BCUT2D eigenvalue weighted by atomic mass is 35.5. The summed E-state index contributed by atoms with van der Waals surface area (Å²) in [7, 11) is 0. The van der Waals surface area contributed by atoms with Crippen molar-refractivity contribution in [3.63, 3.8) is 0 Å². The third-order valence-corrected chi connectivity index (χ3v) is 4.06. The normalized spacial score (nSPS) is 11.5. The Morgan fingerprint density at radius 3 is 2.44 bits per heavy atom. The van der Waals surface area contributed by atoms with Crippen molar-refractivity contribution in [2.45, 2.75) is 13.1 Å². The number of nitrogens with one attached hydrogen (secondary N) is 1. The highest BCUT2D eigenvalue weighted by Crippen LogP contribution is 2.34. The first-order chi connectivity index (χ1) is 12.8. The SMILES string of the molecule is CCN(CCOc1ccc(Cl)cc1)CC(=O)Nc1ccccc1C(F)(F)F. The zero-order chi connectivity index (χ0) is 19.9. The highest BCUT2D eigenvalue weighted by molar-refractivity contribution is 6.30. The molecule has 27 heavy (non-hydrogen) atoms. The molecule has 2 rings (SSSR count). The molecule has 1 N–H and O–H groups in total. The summed E-state index contributed by atoms with van der Waals surface area (Å²) >= 11 is 5.80. The van der Waals surface area contributed by atoms with Crippen molar-refractivity contribution >= 4 is 23.2 Å². The van der Waals surface area contributed by atoms with Gasteiger partial charge in [0.2, 0.25) is 5.91 Å². The fraction of sp³-hybridized carbons (Fsp3) is 0.316. The molecule has 1 amide bonds. The number of halogens is 4. The predicted octanol–water partition coefficient (Wildman–Crippen LogP) is 4.70. The van der Waals surface area contributed by atoms with Gasteiger partial charge in [-0.3, -0.25) is 9.69 Å². The van der Waals surface area contributed by atoms with Crippen LogP contribution >= 0.6 is 11.6 Å². The molecule has 0 saturated heterocycles. The van der Waals surface area contributed by atoms with Gasteiger partial charge in [-0.2, -0.15) is 13.2 Å². The molecule has 0 atom stereocenters. The Bertz CT molecular complexity index is 751. The van der Waals surface area contributed by atoms with Gasteiger partial charge in [0.1, 0.15) is 12.4 Å². The van der Waals surface area contributed by atoms with Gasteiger partial charge in [-0.1, -0.05) is 30.7 Å². The lowest BCUT2D eigenvalue weighted by atomic mass is 10.1. The van der Waals surface area contributed by atoms with Gasteiger partial charge in [0.15, 0.2) is 0 Å². The summed E-state index contributed by atoms with van der Waals surface area (Å²) in [5.41, 5.74) is -1.11. The minimum absolute atomic E-state index is 0.0351. The fourth-order valence-corrected chi connectivity index (χ4v) is 2.53. The standard InChI is InChI=1S/C19H20ClF3N2O2/c1-2-25(11-12-27-15-9-7-14(20)8-10-15)13-18(26)24-17-6-4-3-5-16(17)19(21,22)23/h3-10H,2,11-13H2,1H3,(H,24,26). The largest absolute Gasteiger partial charge is 0.492 e. The lowest BCUT2D eigenvalue weighted by Gasteiger charge is -2.21. The Labute approximate surface area is 160 Å². The molecule has 0 spiro atoms. The molecule has 146 valence electrons. The first-order valence-electron chi connectivity index (χ1n) is 8.36. The summed E-state index contributed by atoms with van der Waals surface area (Å²) < 4.78 is 44.6. The zero-order valence-electron chi connectivity index (χ0n) is 14.7. The van der Waals surface area contributed by atoms with Crippen molar-refractivity contribution < 1.29 is 22.7 Å². The van der Waals surface area contributed by atoms with E-state index in [-0.39, 0.29) is 12.2 Å². The van der Waals surface area contributed by atoms with Gasteiger partial charge in [0.05, 0.1) is 17.8 Å². The second-order valence-electron chi connectivity index (χ2n) is 5.76. The third-order valence-electron chi connectivity index (χ3n) is 3.81. The smallest absolute Gasteiger partial charge is 0.418 e. The summed E-state index contributed by atoms with van der Waals surface area (Å²) in [6.07, 6.45) is -4.53. The van der Waals surface area contributed by atoms with E-state index < -0.39 is 17.6 Å². The van der Waals surface area contributed by atoms with Crippen LogP contribution in [0.2, 0.25) is 5.02 Å². The molecule has 0 aromatic heterocycles. The molecule has 0 aliphatic heterocycles. The second-order valence-corrected chi connectivity index (χ2v) is 6.20. The molecule has 0 aliphatic carbocycles. The molecule has 8 heteroatoms. The zero-order valence-corrected chi connectivity index (χ0v) is 15.5. The molecule has 0 fully saturated rings. The van der Waals surface area contributed by atoms with Crippen LogP contribution < -0.4 is 10.1 Å². The summed E-state index contributed by atoms with van der Waals surface area (Å²) in [6, 6.07) is 11.8. The summed E-state index contributed by atoms with van der Waals surface area (Å²) in [5.74, 6) is 0.138. The van der Waals surface area contributed by atoms with Crippen molar-refractivity contribution in [1.29, 1.82) is 0 Å². The van der Waals surface area contributed by atoms with Crippen LogP contribution in [0.3, 0.4) is 0 Å². The molecule has 2 aromatic carbocycles. The van der Waals surface area contributed by atoms with E-state index in [1.165, 1.54) is 18.2 Å². The number of ether oxygens (including phenoxy) is 1. The van der Waals surface area contributed by atoms with E-state index >= 15 is 0 Å². The Hall–Kier alpha value is -2.25. The van der Waals surface area contributed by atoms with Crippen LogP contribution in [-0.2, 0) is 11.0 Å². The average Bonchev–Trinajstić information content (AvgIpc) is 2.62. The van der Waals surface area contributed by atoms with E-state index in [9.17, 15) is 18.0 Å². The van der Waals surface area contributed by atoms with E-state index in [4.69, 9.17) is 16.3 Å². The monoisotopic (exact) mass is 400 g/mol. The molecule has 0 unspecified atom stereocenters. The van der Waals surface area contributed by atoms with Crippen LogP contribution in [0, 0.1) is 0 Å². The number of alkyl halides is 3. The van der Waals surface area contributed by atoms with Gasteiger partial charge in [-0.05, 0) is 42.9 Å². The van der Waals surface area contributed by atoms with Crippen LogP contribution in [0.1, 0.15) is 12.5 Å². The lowest BCUT2D eigenvalue weighted by Crippen LogP contribution is -2.36. The fourth-order valence-electron chi connectivity index (χ4n) is 2.40. The van der Waals surface area contributed by atoms with Crippen LogP contribution in [0.5, 0.6) is 5.75 Å². The van der Waals surface area contributed by atoms with E-state index in [2.05, 4.69) is 5.32 Å². The van der Waals surface area contributed by atoms with Crippen molar-refractivity contribution in [2.75, 3.05) is 31.6 Å². The number of nitrogens with zero attached hydrogens (tertiary/aromatic N) is 1. The number of rotatable bonds is 8. The molecule has 0 aliphatic rings. The minimum atomic E-state index is -4.53. The van der Waals surface area contributed by atoms with Gasteiger partial charge < -0.3 is 10.1 Å². The summed E-state index contributed by atoms with van der Waals surface area (Å²) in [5, 5.41) is 2.95. The predicted molar refractivity (Wildman–Crippen MR) is 99.1 cm³/mol. The highest BCUT2D eigenvalue weighted by Gasteiger charge is 2.33. The Morgan fingerprint density at radius 1 is 1.15 bits per heavy atom. The van der Waals surface area contributed by atoms with E-state index in [1.807, 2.05) is 6.92 Å². The van der Waals surface area contributed by atoms with Crippen LogP contribution in [0.15, 0.2) is 48.5 Å². The number of hydrogen-bond donors (Lipinski definition) is 1. The molecule has 0 saturated carbocycles. The van der Waals surface area contributed by atoms with Gasteiger partial charge in [0, 0.05) is 11.6 Å². The molecule has 4 nitrogen and oxygen atoms in total. The van der Waals surface area contributed by atoms with Gasteiger partial charge >= 0.3 is 6.18 Å². The number of para-hydroxylation sites is 1. The lowest BCUT2D eigenvalue weighted by molar-refractivity contribution is -0.137. The number of hydrogen-bond acceptors (Lipinski definition) is 3. The van der Waals surface area contributed by atoms with Gasteiger partial charge in [-0.25, -0.2) is 0 Å². The van der Waals surface area contributed by atoms with Crippen molar-refractivity contribution in [2.24, 2.45) is 0 Å². The Morgan fingerprint density at radius 2 is 1.81 bits per heavy atom. The first-order valence-corrected chi connectivity index (χ1v) is 8.74. The van der Waals surface area contributed by atoms with Gasteiger partial charge in [0.25, 0.3) is 0 Å². The molecular weight excluding hydrogens is 381 g/mol. The summed E-state index contributed by atoms with van der Waals surface area (Å²) in [4.78, 5) is 13.9. The first kappa shape index (κ1) is 21.1. The number of carbonyl (C=O) groups excluding carboxylic acids is 1. The molecule has 2 aromatic rings. The van der Waals surface area contributed by atoms with Crippen LogP contribution in [0.25, 0.3) is 0 Å². The van der Waals surface area contributed by atoms with Crippen molar-refractivity contribution in [1.82, 2.24) is 4.90 Å². The number of benzene rings is 2. The Kier molecular flexibility index (Phi) is 7.50. The van der Waals surface area contributed by atoms with E-state index in [0.717, 1.165) is 6.07 Å². The van der Waals surface area contributed by atoms with Crippen molar-refractivity contribution in [3.05, 3.63) is 59.1 Å². The van der Waals surface area contributed by atoms with E-state index in [1.54, 1.807) is 29.2 Å². The molecular formula is C19H20ClF3N2O2. The topological polar surface area (TPSA) is 41.6 Å². The van der Waals surface area contributed by atoms with Gasteiger partial charge in [-0.15, -0.1) is 0 Å². The molecule has 0 bridgehead atoms. The quantitative estimate of drug-likeness (QED) is 0.698. The summed E-state index contributed by atoms with van der Waals surface area (Å²) in [6.45, 7) is 3.17. The molecule has 0 radical (unpaired) electrons. The maximum atomic E-state index is 13.0. The average molecular weight is 401 g/mol.